The predicted octanol–water partition coefficient (Wildman–Crippen LogP) is 2.76. The number of hydrogen-bond donors (Lipinski definition) is 1. The van der Waals surface area contributed by atoms with Crippen LogP contribution in [0, 0.1) is 0 Å². The van der Waals surface area contributed by atoms with Crippen LogP contribution in [0.1, 0.15) is 16.1 Å². The highest BCUT2D eigenvalue weighted by molar-refractivity contribution is 6.04. The molecule has 2 aromatic heterocycles. The number of nitrogens with one attached hydrogen (secondary N) is 1. The third kappa shape index (κ3) is 3.47. The van der Waals surface area contributed by atoms with Gasteiger partial charge in [-0.15, -0.1) is 0 Å². The number of hydrogen-bond acceptors (Lipinski definition) is 4. The van der Waals surface area contributed by atoms with E-state index < -0.39 is 17.8 Å². The van der Waals surface area contributed by atoms with Gasteiger partial charge in [-0.3, -0.25) is 14.8 Å². The molecule has 0 saturated carbocycles. The number of carbonyl (C=O) groups is 1. The summed E-state index contributed by atoms with van der Waals surface area (Å²) in [4.78, 5) is 19.0. The number of methoxy groups -OCH3 is 1. The van der Waals surface area contributed by atoms with E-state index >= 15 is 0 Å². The first-order chi connectivity index (χ1) is 9.91. The highest BCUT2D eigenvalue weighted by atomic mass is 19.4. The zero-order valence-electron chi connectivity index (χ0n) is 10.8. The van der Waals surface area contributed by atoms with Crippen molar-refractivity contribution in [3.63, 3.8) is 0 Å². The minimum Gasteiger partial charge on any atom is -0.493 e. The Morgan fingerprint density at radius 3 is 2.57 bits per heavy atom. The second-order valence-electron chi connectivity index (χ2n) is 3.96. The summed E-state index contributed by atoms with van der Waals surface area (Å²) < 4.78 is 42.1. The van der Waals surface area contributed by atoms with E-state index in [4.69, 9.17) is 4.74 Å². The molecule has 5 nitrogen and oxygen atoms in total. The van der Waals surface area contributed by atoms with Gasteiger partial charge in [0.2, 0.25) is 0 Å². The average Bonchev–Trinajstić information content (AvgIpc) is 2.47. The van der Waals surface area contributed by atoms with Crippen LogP contribution in [0.25, 0.3) is 0 Å². The number of carbonyl (C=O) groups excluding carboxylic acids is 1. The van der Waals surface area contributed by atoms with Crippen LogP contribution in [-0.2, 0) is 6.18 Å². The molecule has 2 heterocycles. The number of aromatic nitrogens is 2. The highest BCUT2D eigenvalue weighted by Gasteiger charge is 2.32. The molecule has 2 rings (SSSR count). The Kier molecular flexibility index (Phi) is 4.06. The maximum Gasteiger partial charge on any atom is 0.433 e. The molecule has 0 saturated heterocycles. The Morgan fingerprint density at radius 2 is 2.00 bits per heavy atom. The van der Waals surface area contributed by atoms with Gasteiger partial charge in [0.1, 0.15) is 5.69 Å². The predicted molar refractivity (Wildman–Crippen MR) is 68.0 cm³/mol. The van der Waals surface area contributed by atoms with Crippen molar-refractivity contribution in [3.05, 3.63) is 48.0 Å². The number of nitrogens with zero attached hydrogens (tertiary/aromatic N) is 2. The maximum absolute atomic E-state index is 12.4. The summed E-state index contributed by atoms with van der Waals surface area (Å²) in [7, 11) is 1.41. The van der Waals surface area contributed by atoms with Gasteiger partial charge in [0.25, 0.3) is 5.91 Å². The first-order valence-corrected chi connectivity index (χ1v) is 5.74. The van der Waals surface area contributed by atoms with Crippen molar-refractivity contribution in [3.8, 4) is 5.75 Å². The summed E-state index contributed by atoms with van der Waals surface area (Å²) in [5.41, 5.74) is -0.695. The SMILES string of the molecule is COc1cnccc1NC(=O)c1ccc(C(F)(F)F)nc1. The van der Waals surface area contributed by atoms with Crippen LogP contribution in [0.2, 0.25) is 0 Å². The third-order valence-corrected chi connectivity index (χ3v) is 2.57. The second-order valence-corrected chi connectivity index (χ2v) is 3.96. The monoisotopic (exact) mass is 297 g/mol. The van der Waals surface area contributed by atoms with Crippen molar-refractivity contribution in [2.45, 2.75) is 6.18 Å². The number of alkyl halides is 3. The van der Waals surface area contributed by atoms with E-state index in [2.05, 4.69) is 15.3 Å². The molecule has 0 radical (unpaired) electrons. The molecule has 110 valence electrons. The van der Waals surface area contributed by atoms with Crippen LogP contribution >= 0.6 is 0 Å². The van der Waals surface area contributed by atoms with Gasteiger partial charge >= 0.3 is 6.18 Å². The summed E-state index contributed by atoms with van der Waals surface area (Å²) in [5.74, 6) is -0.258. The molecule has 0 bridgehead atoms. The van der Waals surface area contributed by atoms with Gasteiger partial charge in [0.05, 0.1) is 24.6 Å². The van der Waals surface area contributed by atoms with E-state index in [1.807, 2.05) is 0 Å². The molecule has 0 aromatic carbocycles. The molecule has 8 heteroatoms. The molecular weight excluding hydrogens is 287 g/mol. The zero-order valence-corrected chi connectivity index (χ0v) is 10.8. The molecule has 21 heavy (non-hydrogen) atoms. The molecule has 2 aromatic rings. The first-order valence-electron chi connectivity index (χ1n) is 5.74. The molecule has 0 atom stereocenters. The minimum absolute atomic E-state index is 0.00173. The number of amides is 1. The number of pyridine rings is 2. The fraction of sp³-hybridized carbons (Fsp3) is 0.154. The summed E-state index contributed by atoms with van der Waals surface area (Å²) >= 11 is 0. The number of anilines is 1. The smallest absolute Gasteiger partial charge is 0.433 e. The van der Waals surface area contributed by atoms with E-state index in [1.54, 1.807) is 0 Å². The summed E-state index contributed by atoms with van der Waals surface area (Å²) in [6.45, 7) is 0. The van der Waals surface area contributed by atoms with Crippen LogP contribution < -0.4 is 10.1 Å². The summed E-state index contributed by atoms with van der Waals surface area (Å²) in [6, 6.07) is 3.31. The van der Waals surface area contributed by atoms with E-state index in [0.717, 1.165) is 18.3 Å². The largest absolute Gasteiger partial charge is 0.493 e. The molecule has 0 aliphatic heterocycles. The Balaban J connectivity index is 2.17. The fourth-order valence-electron chi connectivity index (χ4n) is 1.54. The molecule has 1 N–H and O–H groups in total. The van der Waals surface area contributed by atoms with E-state index in [1.165, 1.54) is 25.6 Å². The van der Waals surface area contributed by atoms with Crippen molar-refractivity contribution in [1.29, 1.82) is 0 Å². The molecule has 0 fully saturated rings. The lowest BCUT2D eigenvalue weighted by Crippen LogP contribution is -2.14. The number of rotatable bonds is 3. The van der Waals surface area contributed by atoms with Crippen LogP contribution in [-0.4, -0.2) is 23.0 Å². The number of ether oxygens (including phenoxy) is 1. The Labute approximate surface area is 117 Å². The van der Waals surface area contributed by atoms with Crippen LogP contribution in [0.15, 0.2) is 36.8 Å². The molecule has 0 aliphatic rings. The Hall–Kier alpha value is -2.64. The van der Waals surface area contributed by atoms with Crippen molar-refractivity contribution in [1.82, 2.24) is 9.97 Å². The molecular formula is C13H10F3N3O2. The average molecular weight is 297 g/mol. The second kappa shape index (κ2) is 5.78. The van der Waals surface area contributed by atoms with Crippen molar-refractivity contribution in [2.24, 2.45) is 0 Å². The van der Waals surface area contributed by atoms with Crippen molar-refractivity contribution < 1.29 is 22.7 Å². The van der Waals surface area contributed by atoms with E-state index in [-0.39, 0.29) is 5.56 Å². The molecule has 0 unspecified atom stereocenters. The maximum atomic E-state index is 12.4. The zero-order chi connectivity index (χ0) is 15.5. The van der Waals surface area contributed by atoms with E-state index in [0.29, 0.717) is 11.4 Å². The van der Waals surface area contributed by atoms with Crippen molar-refractivity contribution >= 4 is 11.6 Å². The van der Waals surface area contributed by atoms with Gasteiger partial charge in [-0.1, -0.05) is 0 Å². The number of halogens is 3. The molecule has 0 spiro atoms. The minimum atomic E-state index is -4.54. The lowest BCUT2D eigenvalue weighted by atomic mass is 10.2. The molecule has 0 aliphatic carbocycles. The quantitative estimate of drug-likeness (QED) is 0.946. The Bertz CT molecular complexity index is 642. The van der Waals surface area contributed by atoms with Gasteiger partial charge in [0.15, 0.2) is 5.75 Å². The summed E-state index contributed by atoms with van der Waals surface area (Å²) in [6.07, 6.45) is -0.821. The highest BCUT2D eigenvalue weighted by Crippen LogP contribution is 2.27. The van der Waals surface area contributed by atoms with Gasteiger partial charge in [-0.2, -0.15) is 13.2 Å². The fourth-order valence-corrected chi connectivity index (χ4v) is 1.54. The summed E-state index contributed by atoms with van der Waals surface area (Å²) in [5, 5.41) is 2.51. The standard InChI is InChI=1S/C13H10F3N3O2/c1-21-10-7-17-5-4-9(10)19-12(20)8-2-3-11(18-6-8)13(14,15)16/h2-7H,1H3,(H,17,19,20). The van der Waals surface area contributed by atoms with Gasteiger partial charge in [-0.25, -0.2) is 0 Å². The van der Waals surface area contributed by atoms with Gasteiger partial charge in [-0.05, 0) is 18.2 Å². The van der Waals surface area contributed by atoms with Crippen molar-refractivity contribution in [2.75, 3.05) is 12.4 Å². The van der Waals surface area contributed by atoms with Gasteiger partial charge in [0, 0.05) is 12.4 Å². The lowest BCUT2D eigenvalue weighted by Gasteiger charge is -2.10. The van der Waals surface area contributed by atoms with Crippen LogP contribution in [0.3, 0.4) is 0 Å². The third-order valence-electron chi connectivity index (χ3n) is 2.57. The topological polar surface area (TPSA) is 64.1 Å². The van der Waals surface area contributed by atoms with E-state index in [9.17, 15) is 18.0 Å². The molecule has 1 amide bonds. The Morgan fingerprint density at radius 1 is 1.24 bits per heavy atom. The van der Waals surface area contributed by atoms with Crippen LogP contribution in [0.5, 0.6) is 5.75 Å². The normalized spacial score (nSPS) is 11.0. The lowest BCUT2D eigenvalue weighted by molar-refractivity contribution is -0.141. The van der Waals surface area contributed by atoms with Crippen LogP contribution in [0.4, 0.5) is 18.9 Å². The first kappa shape index (κ1) is 14.8. The van der Waals surface area contributed by atoms with Gasteiger partial charge < -0.3 is 10.1 Å².